The molecule has 0 saturated heterocycles. The van der Waals surface area contributed by atoms with E-state index >= 15 is 0 Å². The van der Waals surface area contributed by atoms with Gasteiger partial charge in [0.1, 0.15) is 0 Å². The van der Waals surface area contributed by atoms with Gasteiger partial charge in [0.15, 0.2) is 0 Å². The van der Waals surface area contributed by atoms with E-state index < -0.39 is 0 Å². The number of allylic oxidation sites excluding steroid dienone is 2. The van der Waals surface area contributed by atoms with Gasteiger partial charge in [-0.2, -0.15) is 0 Å². The van der Waals surface area contributed by atoms with Crippen molar-refractivity contribution in [1.82, 2.24) is 5.32 Å². The van der Waals surface area contributed by atoms with Crippen molar-refractivity contribution in [2.45, 2.75) is 59.2 Å². The second kappa shape index (κ2) is 7.57. The van der Waals surface area contributed by atoms with E-state index in [1.165, 1.54) is 22.6 Å². The lowest BCUT2D eigenvalue weighted by atomic mass is 9.85. The molecule has 118 valence electrons. The first-order chi connectivity index (χ1) is 9.94. The largest absolute Gasteiger partial charge is 0.376 e. The van der Waals surface area contributed by atoms with Crippen LogP contribution in [0.15, 0.2) is 24.3 Å². The van der Waals surface area contributed by atoms with E-state index in [0.717, 1.165) is 25.7 Å². The molecule has 0 radical (unpaired) electrons. The highest BCUT2D eigenvalue weighted by atomic mass is 32.1. The third kappa shape index (κ3) is 5.93. The molecule has 0 bridgehead atoms. The molecule has 21 heavy (non-hydrogen) atoms. The molecule has 1 N–H and O–H groups in total. The molecule has 0 aromatic carbocycles. The highest BCUT2D eigenvalue weighted by molar-refractivity contribution is 7.11. The SMILES string of the molecule is CC1CC=CCC1COCc1ccc(CNC(C)(C)C)s1. The van der Waals surface area contributed by atoms with Gasteiger partial charge in [-0.25, -0.2) is 0 Å². The fraction of sp³-hybridized carbons (Fsp3) is 0.667. The van der Waals surface area contributed by atoms with Crippen LogP contribution in [0.25, 0.3) is 0 Å². The zero-order valence-electron chi connectivity index (χ0n) is 13.8. The fourth-order valence-electron chi connectivity index (χ4n) is 2.50. The molecule has 2 rings (SSSR count). The quantitative estimate of drug-likeness (QED) is 0.765. The van der Waals surface area contributed by atoms with E-state index in [9.17, 15) is 0 Å². The van der Waals surface area contributed by atoms with Crippen molar-refractivity contribution < 1.29 is 4.74 Å². The van der Waals surface area contributed by atoms with Gasteiger partial charge in [-0.3, -0.25) is 0 Å². The van der Waals surface area contributed by atoms with Gasteiger partial charge in [0.2, 0.25) is 0 Å². The molecule has 0 aliphatic heterocycles. The summed E-state index contributed by atoms with van der Waals surface area (Å²) in [6, 6.07) is 4.42. The monoisotopic (exact) mass is 307 g/mol. The minimum atomic E-state index is 0.172. The van der Waals surface area contributed by atoms with Crippen molar-refractivity contribution in [3.8, 4) is 0 Å². The number of rotatable bonds is 6. The van der Waals surface area contributed by atoms with Gasteiger partial charge >= 0.3 is 0 Å². The van der Waals surface area contributed by atoms with E-state index in [2.05, 4.69) is 57.3 Å². The Labute approximate surface area is 133 Å². The van der Waals surface area contributed by atoms with Gasteiger partial charge < -0.3 is 10.1 Å². The van der Waals surface area contributed by atoms with Crippen LogP contribution in [0, 0.1) is 11.8 Å². The van der Waals surface area contributed by atoms with Gasteiger partial charge in [-0.15, -0.1) is 11.3 Å². The van der Waals surface area contributed by atoms with Crippen molar-refractivity contribution in [1.29, 1.82) is 0 Å². The molecule has 0 saturated carbocycles. The molecule has 1 heterocycles. The molecule has 0 spiro atoms. The molecule has 1 aliphatic carbocycles. The highest BCUT2D eigenvalue weighted by Gasteiger charge is 2.18. The maximum Gasteiger partial charge on any atom is 0.0809 e. The van der Waals surface area contributed by atoms with E-state index in [-0.39, 0.29) is 5.54 Å². The Morgan fingerprint density at radius 2 is 1.90 bits per heavy atom. The molecule has 1 aromatic rings. The van der Waals surface area contributed by atoms with Crippen LogP contribution in [0.4, 0.5) is 0 Å². The minimum Gasteiger partial charge on any atom is -0.376 e. The topological polar surface area (TPSA) is 21.3 Å². The molecule has 1 aliphatic rings. The molecule has 1 aromatic heterocycles. The summed E-state index contributed by atoms with van der Waals surface area (Å²) in [5.41, 5.74) is 0.172. The zero-order valence-corrected chi connectivity index (χ0v) is 14.6. The first-order valence-electron chi connectivity index (χ1n) is 7.99. The molecule has 2 unspecified atom stereocenters. The zero-order chi connectivity index (χ0) is 15.3. The van der Waals surface area contributed by atoms with Crippen molar-refractivity contribution in [3.05, 3.63) is 34.0 Å². The van der Waals surface area contributed by atoms with Crippen molar-refractivity contribution in [3.63, 3.8) is 0 Å². The van der Waals surface area contributed by atoms with Crippen LogP contribution in [0.2, 0.25) is 0 Å². The summed E-state index contributed by atoms with van der Waals surface area (Å²) >= 11 is 1.86. The second-order valence-corrected chi connectivity index (χ2v) is 8.42. The maximum absolute atomic E-state index is 5.94. The van der Waals surface area contributed by atoms with Gasteiger partial charge in [0, 0.05) is 21.8 Å². The van der Waals surface area contributed by atoms with E-state index in [4.69, 9.17) is 4.74 Å². The first-order valence-corrected chi connectivity index (χ1v) is 8.81. The number of nitrogens with one attached hydrogen (secondary N) is 1. The molecule has 3 heteroatoms. The predicted molar refractivity (Wildman–Crippen MR) is 91.6 cm³/mol. The van der Waals surface area contributed by atoms with Crippen LogP contribution < -0.4 is 5.32 Å². The smallest absolute Gasteiger partial charge is 0.0809 e. The lowest BCUT2D eigenvalue weighted by Gasteiger charge is -2.24. The van der Waals surface area contributed by atoms with E-state index in [1.807, 2.05) is 11.3 Å². The molecule has 2 nitrogen and oxygen atoms in total. The standard InChI is InChI=1S/C18H29NOS/c1-14-7-5-6-8-15(14)12-20-13-17-10-9-16(21-17)11-19-18(2,3)4/h5-6,9-10,14-15,19H,7-8,11-13H2,1-4H3. The van der Waals surface area contributed by atoms with E-state index in [1.54, 1.807) is 0 Å². The normalized spacial score (nSPS) is 22.7. The summed E-state index contributed by atoms with van der Waals surface area (Å²) in [5.74, 6) is 1.45. The summed E-state index contributed by atoms with van der Waals surface area (Å²) in [4.78, 5) is 2.72. The van der Waals surface area contributed by atoms with Gasteiger partial charge in [0.25, 0.3) is 0 Å². The Morgan fingerprint density at radius 3 is 2.62 bits per heavy atom. The minimum absolute atomic E-state index is 0.172. The van der Waals surface area contributed by atoms with Gasteiger partial charge in [-0.05, 0) is 57.6 Å². The molecule has 0 fully saturated rings. The van der Waals surface area contributed by atoms with Gasteiger partial charge in [-0.1, -0.05) is 19.1 Å². The van der Waals surface area contributed by atoms with Gasteiger partial charge in [0.05, 0.1) is 13.2 Å². The lowest BCUT2D eigenvalue weighted by molar-refractivity contribution is 0.0695. The number of thiophene rings is 1. The highest BCUT2D eigenvalue weighted by Crippen LogP contribution is 2.26. The number of hydrogen-bond donors (Lipinski definition) is 1. The van der Waals surface area contributed by atoms with Crippen LogP contribution in [0.1, 0.15) is 50.3 Å². The Bertz CT molecular complexity index is 458. The van der Waals surface area contributed by atoms with Crippen molar-refractivity contribution in [2.24, 2.45) is 11.8 Å². The number of hydrogen-bond acceptors (Lipinski definition) is 3. The molecular weight excluding hydrogens is 278 g/mol. The van der Waals surface area contributed by atoms with Crippen LogP contribution in [-0.2, 0) is 17.9 Å². The van der Waals surface area contributed by atoms with Crippen LogP contribution in [0.5, 0.6) is 0 Å². The van der Waals surface area contributed by atoms with Crippen LogP contribution in [0.3, 0.4) is 0 Å². The van der Waals surface area contributed by atoms with Crippen molar-refractivity contribution in [2.75, 3.05) is 6.61 Å². The fourth-order valence-corrected chi connectivity index (χ4v) is 3.39. The van der Waals surface area contributed by atoms with Crippen LogP contribution >= 0.6 is 11.3 Å². The third-order valence-electron chi connectivity index (χ3n) is 4.00. The Hall–Kier alpha value is -0.640. The number of ether oxygens (including phenoxy) is 1. The second-order valence-electron chi connectivity index (χ2n) is 7.17. The van der Waals surface area contributed by atoms with Crippen LogP contribution in [-0.4, -0.2) is 12.1 Å². The van der Waals surface area contributed by atoms with E-state index in [0.29, 0.717) is 5.92 Å². The predicted octanol–water partition coefficient (Wildman–Crippen LogP) is 4.76. The summed E-state index contributed by atoms with van der Waals surface area (Å²) in [6.45, 7) is 11.5. The summed E-state index contributed by atoms with van der Waals surface area (Å²) in [5, 5.41) is 3.53. The third-order valence-corrected chi connectivity index (χ3v) is 5.06. The maximum atomic E-state index is 5.94. The summed E-state index contributed by atoms with van der Waals surface area (Å²) < 4.78 is 5.94. The van der Waals surface area contributed by atoms with Crippen molar-refractivity contribution >= 4 is 11.3 Å². The first kappa shape index (κ1) is 16.7. The Balaban J connectivity index is 1.71. The average Bonchev–Trinajstić information content (AvgIpc) is 2.86. The molecule has 2 atom stereocenters. The molecular formula is C18H29NOS. The summed E-state index contributed by atoms with van der Waals surface area (Å²) in [7, 11) is 0. The molecule has 0 amide bonds. The summed E-state index contributed by atoms with van der Waals surface area (Å²) in [6.07, 6.45) is 6.98. The average molecular weight is 308 g/mol. The Morgan fingerprint density at radius 1 is 1.19 bits per heavy atom. The lowest BCUT2D eigenvalue weighted by Crippen LogP contribution is -2.34. The Kier molecular flexibility index (Phi) is 6.03.